The van der Waals surface area contributed by atoms with Gasteiger partial charge in [-0.2, -0.15) is 0 Å². The Bertz CT molecular complexity index is 1290. The van der Waals surface area contributed by atoms with Gasteiger partial charge in [0.05, 0.1) is 5.56 Å². The number of pyridine rings is 2. The molecule has 3 aromatic heterocycles. The molecule has 4 rings (SSSR count). The fourth-order valence-corrected chi connectivity index (χ4v) is 3.74. The van der Waals surface area contributed by atoms with Crippen LogP contribution < -0.4 is 4.57 Å². The zero-order valence-corrected chi connectivity index (χ0v) is 16.8. The van der Waals surface area contributed by atoms with Crippen LogP contribution in [0, 0.1) is 13.8 Å². The summed E-state index contributed by atoms with van der Waals surface area (Å²) in [4.78, 5) is 4.55. The van der Waals surface area contributed by atoms with Crippen LogP contribution in [0.4, 0.5) is 0 Å². The molecule has 138 valence electrons. The molecule has 0 saturated carbocycles. The van der Waals surface area contributed by atoms with Crippen LogP contribution in [0.5, 0.6) is 0 Å². The molecule has 3 nitrogen and oxygen atoms in total. The largest absolute Gasteiger partial charge is 0.437 e. The molecule has 0 unspecified atom stereocenters. The second-order valence-corrected chi connectivity index (χ2v) is 7.39. The van der Waals surface area contributed by atoms with Gasteiger partial charge in [-0.3, -0.25) is 0 Å². The van der Waals surface area contributed by atoms with Gasteiger partial charge in [-0.15, -0.1) is 0 Å². The summed E-state index contributed by atoms with van der Waals surface area (Å²) in [6.07, 6.45) is 0.260. The molecule has 0 fully saturated rings. The highest BCUT2D eigenvalue weighted by atomic mass is 16.3. The molecule has 3 heterocycles. The number of rotatable bonds is 3. The first kappa shape index (κ1) is 14.4. The van der Waals surface area contributed by atoms with Crippen molar-refractivity contribution in [3.8, 4) is 11.3 Å². The lowest BCUT2D eigenvalue weighted by molar-refractivity contribution is -0.660. The van der Waals surface area contributed by atoms with Crippen LogP contribution in [-0.4, -0.2) is 4.98 Å². The molecule has 0 spiro atoms. The standard InChI is InChI=1S/C24H27N2O/c1-7-17-13-26(6)21(12-20(17)14(2)3)22-15(4)8-10-18-19-11-9-16(5)25-24(19)27-23(18)22/h8-14H,7H2,1-6H3/q+1/i7D2,14D. The number of benzene rings is 1. The van der Waals surface area contributed by atoms with Crippen LogP contribution in [0.1, 0.15) is 53.2 Å². The Labute approximate surface area is 164 Å². The van der Waals surface area contributed by atoms with Crippen molar-refractivity contribution in [3.63, 3.8) is 0 Å². The van der Waals surface area contributed by atoms with Crippen LogP contribution >= 0.6 is 0 Å². The van der Waals surface area contributed by atoms with E-state index in [-0.39, 0.29) is 0 Å². The molecule has 27 heavy (non-hydrogen) atoms. The van der Waals surface area contributed by atoms with Crippen LogP contribution in [-0.2, 0) is 13.4 Å². The maximum absolute atomic E-state index is 8.64. The minimum atomic E-state index is -1.55. The smallest absolute Gasteiger partial charge is 0.227 e. The lowest BCUT2D eigenvalue weighted by Gasteiger charge is -2.13. The van der Waals surface area contributed by atoms with E-state index in [1.54, 1.807) is 13.8 Å². The molecule has 3 heteroatoms. The topological polar surface area (TPSA) is 29.9 Å². The Morgan fingerprint density at radius 3 is 2.63 bits per heavy atom. The predicted molar refractivity (Wildman–Crippen MR) is 111 cm³/mol. The fourth-order valence-electron chi connectivity index (χ4n) is 3.74. The molecule has 0 atom stereocenters. The second-order valence-electron chi connectivity index (χ2n) is 7.39. The molecule has 0 N–H and O–H groups in total. The van der Waals surface area contributed by atoms with E-state index in [4.69, 9.17) is 8.53 Å². The van der Waals surface area contributed by atoms with E-state index in [1.807, 2.05) is 49.9 Å². The molecule has 1 aromatic carbocycles. The second kappa shape index (κ2) is 6.49. The first-order chi connectivity index (χ1) is 13.9. The average molecular weight is 363 g/mol. The van der Waals surface area contributed by atoms with Crippen LogP contribution in [0.2, 0.25) is 0 Å². The monoisotopic (exact) mass is 362 g/mol. The lowest BCUT2D eigenvalue weighted by Crippen LogP contribution is -2.32. The quantitative estimate of drug-likeness (QED) is 0.433. The third-order valence-electron chi connectivity index (χ3n) is 5.19. The van der Waals surface area contributed by atoms with Gasteiger partial charge in [0.1, 0.15) is 7.05 Å². The summed E-state index contributed by atoms with van der Waals surface area (Å²) >= 11 is 0. The highest BCUT2D eigenvalue weighted by Crippen LogP contribution is 2.37. The number of aromatic nitrogens is 2. The van der Waals surface area contributed by atoms with Crippen molar-refractivity contribution in [2.24, 2.45) is 7.05 Å². The highest BCUT2D eigenvalue weighted by Gasteiger charge is 2.23. The van der Waals surface area contributed by atoms with E-state index >= 15 is 0 Å². The van der Waals surface area contributed by atoms with E-state index in [1.165, 1.54) is 6.92 Å². The third-order valence-corrected chi connectivity index (χ3v) is 5.19. The van der Waals surface area contributed by atoms with Gasteiger partial charge in [-0.25, -0.2) is 9.55 Å². The van der Waals surface area contributed by atoms with Crippen molar-refractivity contribution >= 4 is 22.1 Å². The van der Waals surface area contributed by atoms with Crippen LogP contribution in [0.25, 0.3) is 33.3 Å². The van der Waals surface area contributed by atoms with Crippen molar-refractivity contribution < 1.29 is 13.1 Å². The summed E-state index contributed by atoms with van der Waals surface area (Å²) in [5, 5.41) is 1.97. The third kappa shape index (κ3) is 2.82. The van der Waals surface area contributed by atoms with Gasteiger partial charge in [0.2, 0.25) is 11.4 Å². The van der Waals surface area contributed by atoms with E-state index in [2.05, 4.69) is 17.1 Å². The zero-order valence-electron chi connectivity index (χ0n) is 19.8. The molecule has 0 aliphatic carbocycles. The summed E-state index contributed by atoms with van der Waals surface area (Å²) in [7, 11) is 1.91. The summed E-state index contributed by atoms with van der Waals surface area (Å²) < 4.78 is 33.4. The Hall–Kier alpha value is -2.68. The first-order valence-corrected chi connectivity index (χ1v) is 9.22. The molecule has 4 aromatic rings. The van der Waals surface area contributed by atoms with E-state index in [0.29, 0.717) is 16.8 Å². The molecular weight excluding hydrogens is 332 g/mol. The number of furan rings is 1. The van der Waals surface area contributed by atoms with Crippen LogP contribution in [0.3, 0.4) is 0 Å². The summed E-state index contributed by atoms with van der Waals surface area (Å²) in [5.41, 5.74) is 6.36. The minimum Gasteiger partial charge on any atom is -0.437 e. The van der Waals surface area contributed by atoms with Crippen molar-refractivity contribution in [1.29, 1.82) is 0 Å². The maximum Gasteiger partial charge on any atom is 0.227 e. The van der Waals surface area contributed by atoms with Crippen LogP contribution in [0.15, 0.2) is 40.9 Å². The molecule has 0 aliphatic rings. The fraction of sp³-hybridized carbons (Fsp3) is 0.333. The van der Waals surface area contributed by atoms with E-state index < -0.39 is 12.3 Å². The number of nitrogens with zero attached hydrogens (tertiary/aromatic N) is 2. The lowest BCUT2D eigenvalue weighted by atomic mass is 9.93. The zero-order chi connectivity index (χ0) is 22.0. The first-order valence-electron chi connectivity index (χ1n) is 10.7. The Balaban J connectivity index is 2.10. The van der Waals surface area contributed by atoms with Crippen molar-refractivity contribution in [3.05, 3.63) is 58.9 Å². The molecule has 0 saturated heterocycles. The summed E-state index contributed by atoms with van der Waals surface area (Å²) in [6.45, 7) is 9.11. The van der Waals surface area contributed by atoms with Gasteiger partial charge >= 0.3 is 0 Å². The van der Waals surface area contributed by atoms with E-state index in [9.17, 15) is 0 Å². The number of aryl methyl sites for hydroxylation is 4. The highest BCUT2D eigenvalue weighted by molar-refractivity contribution is 6.08. The van der Waals surface area contributed by atoms with Crippen molar-refractivity contribution in [1.82, 2.24) is 4.98 Å². The summed E-state index contributed by atoms with van der Waals surface area (Å²) in [5.74, 6) is -0.948. The van der Waals surface area contributed by atoms with Gasteiger partial charge in [-0.05, 0) is 49.4 Å². The molecular formula is C24H27N2O+. The molecule has 0 aliphatic heterocycles. The predicted octanol–water partition coefficient (Wildman–Crippen LogP) is 5.78. The number of hydrogen-bond acceptors (Lipinski definition) is 2. The number of hydrogen-bond donors (Lipinski definition) is 0. The van der Waals surface area contributed by atoms with Gasteiger partial charge in [0.15, 0.2) is 11.8 Å². The van der Waals surface area contributed by atoms with Gasteiger partial charge in [-0.1, -0.05) is 32.9 Å². The van der Waals surface area contributed by atoms with Gasteiger partial charge in [0.25, 0.3) is 0 Å². The SMILES string of the molecule is [2H]C([2H])(C)c1c[n+](C)c(-c2c(C)ccc3c2oc2nc(C)ccc23)cc1C([2H])(C)C. The Morgan fingerprint density at radius 2 is 1.93 bits per heavy atom. The van der Waals surface area contributed by atoms with E-state index in [0.717, 1.165) is 38.9 Å². The van der Waals surface area contributed by atoms with Crippen molar-refractivity contribution in [2.75, 3.05) is 0 Å². The molecule has 0 amide bonds. The normalized spacial score (nSPS) is 14.4. The summed E-state index contributed by atoms with van der Waals surface area (Å²) in [6, 6.07) is 10.1. The maximum atomic E-state index is 8.64. The average Bonchev–Trinajstić information content (AvgIpc) is 2.97. The van der Waals surface area contributed by atoms with Crippen molar-refractivity contribution in [2.45, 2.75) is 46.9 Å². The number of fused-ring (bicyclic) bond motifs is 3. The Morgan fingerprint density at radius 1 is 1.19 bits per heavy atom. The molecule has 0 bridgehead atoms. The molecule has 0 radical (unpaired) electrons. The van der Waals surface area contributed by atoms with Gasteiger partial charge < -0.3 is 4.42 Å². The Kier molecular flexibility index (Phi) is 3.46. The van der Waals surface area contributed by atoms with Gasteiger partial charge in [0, 0.05) is 32.2 Å². The minimum absolute atomic E-state index is 0.528.